The molecule has 0 fully saturated rings. The Balaban J connectivity index is 2.13. The Kier molecular flexibility index (Phi) is 7.85. The van der Waals surface area contributed by atoms with E-state index in [0.717, 1.165) is 12.8 Å². The second-order valence-corrected chi connectivity index (χ2v) is 8.43. The highest BCUT2D eigenvalue weighted by Gasteiger charge is 2.53. The Morgan fingerprint density at radius 1 is 1.25 bits per heavy atom. The summed E-state index contributed by atoms with van der Waals surface area (Å²) in [5, 5.41) is 9.33. The van der Waals surface area contributed by atoms with Crippen LogP contribution < -0.4 is 10.3 Å². The molecule has 0 saturated carbocycles. The van der Waals surface area contributed by atoms with Crippen LogP contribution in [0.3, 0.4) is 0 Å². The lowest BCUT2D eigenvalue weighted by Gasteiger charge is -2.37. The van der Waals surface area contributed by atoms with Gasteiger partial charge in [-0.05, 0) is 49.2 Å². The first-order chi connectivity index (χ1) is 15.3. The van der Waals surface area contributed by atoms with Gasteiger partial charge in [0.1, 0.15) is 17.2 Å². The number of amides is 1. The first-order valence-corrected chi connectivity index (χ1v) is 11.1. The molecule has 32 heavy (non-hydrogen) atoms. The first kappa shape index (κ1) is 24.1. The summed E-state index contributed by atoms with van der Waals surface area (Å²) in [7, 11) is 1.55. The summed E-state index contributed by atoms with van der Waals surface area (Å²) in [6, 6.07) is 10.3. The predicted octanol–water partition coefficient (Wildman–Crippen LogP) is 5.17. The average molecular weight is 464 g/mol. The third kappa shape index (κ3) is 4.79. The van der Waals surface area contributed by atoms with Crippen LogP contribution >= 0.6 is 11.6 Å². The molecule has 0 radical (unpaired) electrons. The molecule has 1 aliphatic rings. The molecule has 0 saturated heterocycles. The van der Waals surface area contributed by atoms with Gasteiger partial charge in [0, 0.05) is 24.6 Å². The normalized spacial score (nSPS) is 20.4. The quantitative estimate of drug-likeness (QED) is 0.522. The average Bonchev–Trinajstić information content (AvgIpc) is 3.06. The van der Waals surface area contributed by atoms with Crippen LogP contribution in [-0.4, -0.2) is 37.4 Å². The lowest BCUT2D eigenvalue weighted by atomic mass is 9.77. The van der Waals surface area contributed by atoms with Crippen LogP contribution in [0.4, 0.5) is 14.5 Å². The zero-order valence-electron chi connectivity index (χ0n) is 18.5. The maximum atomic E-state index is 15.0. The van der Waals surface area contributed by atoms with Gasteiger partial charge in [0.05, 0.1) is 18.0 Å². The Morgan fingerprint density at radius 2 is 1.97 bits per heavy atom. The van der Waals surface area contributed by atoms with Crippen LogP contribution in [0.15, 0.2) is 47.6 Å². The molecular formula is C24H28ClF2N3O2. The molecule has 0 spiro atoms. The van der Waals surface area contributed by atoms with Gasteiger partial charge in [-0.1, -0.05) is 43.5 Å². The number of nitrogens with zero attached hydrogens (tertiary/aromatic N) is 2. The molecule has 0 aliphatic carbocycles. The first-order valence-electron chi connectivity index (χ1n) is 10.7. The van der Waals surface area contributed by atoms with E-state index in [1.807, 2.05) is 0 Å². The number of benzene rings is 2. The predicted molar refractivity (Wildman–Crippen MR) is 123 cm³/mol. The molecule has 2 aromatic carbocycles. The number of carbonyl (C=O) groups is 1. The lowest BCUT2D eigenvalue weighted by Crippen LogP contribution is -2.58. The molecule has 2 atom stereocenters. The van der Waals surface area contributed by atoms with E-state index in [0.29, 0.717) is 30.8 Å². The molecule has 0 aromatic heterocycles. The summed E-state index contributed by atoms with van der Waals surface area (Å²) >= 11 is 5.96. The number of nitrogens with one attached hydrogen (secondary N) is 1. The van der Waals surface area contributed by atoms with Gasteiger partial charge in [-0.3, -0.25) is 4.79 Å². The molecule has 1 amide bonds. The van der Waals surface area contributed by atoms with Gasteiger partial charge < -0.3 is 10.1 Å². The molecule has 5 nitrogen and oxygen atoms in total. The van der Waals surface area contributed by atoms with E-state index in [2.05, 4.69) is 12.2 Å². The summed E-state index contributed by atoms with van der Waals surface area (Å²) in [4.78, 5) is 13.5. The fourth-order valence-corrected chi connectivity index (χ4v) is 4.22. The molecule has 0 bridgehead atoms. The highest BCUT2D eigenvalue weighted by atomic mass is 35.5. The number of hydrogen-bond acceptors (Lipinski definition) is 4. The van der Waals surface area contributed by atoms with Crippen molar-refractivity contribution in [2.24, 2.45) is 11.0 Å². The minimum Gasteiger partial charge on any atom is -0.383 e. The number of halogens is 3. The van der Waals surface area contributed by atoms with Gasteiger partial charge in [-0.15, -0.1) is 0 Å². The van der Waals surface area contributed by atoms with Crippen LogP contribution in [0.25, 0.3) is 0 Å². The smallest absolute Gasteiger partial charge is 0.248 e. The monoisotopic (exact) mass is 463 g/mol. The molecule has 1 aliphatic heterocycles. The minimum absolute atomic E-state index is 0.150. The van der Waals surface area contributed by atoms with Crippen LogP contribution in [0.1, 0.15) is 38.7 Å². The third-order valence-electron chi connectivity index (χ3n) is 5.83. The summed E-state index contributed by atoms with van der Waals surface area (Å²) in [6.07, 6.45) is 2.43. The molecule has 2 aromatic rings. The molecule has 1 heterocycles. The van der Waals surface area contributed by atoms with Crippen molar-refractivity contribution in [1.82, 2.24) is 5.32 Å². The molecule has 3 rings (SSSR count). The van der Waals surface area contributed by atoms with E-state index >= 15 is 0 Å². The number of rotatable bonds is 9. The molecular weight excluding hydrogens is 436 g/mol. The van der Waals surface area contributed by atoms with Gasteiger partial charge in [0.25, 0.3) is 0 Å². The number of hydrazone groups is 1. The van der Waals surface area contributed by atoms with E-state index < -0.39 is 11.4 Å². The van der Waals surface area contributed by atoms with Crippen molar-refractivity contribution < 1.29 is 18.3 Å². The van der Waals surface area contributed by atoms with Gasteiger partial charge in [0.15, 0.2) is 0 Å². The van der Waals surface area contributed by atoms with Gasteiger partial charge in [-0.25, -0.2) is 13.8 Å². The van der Waals surface area contributed by atoms with Crippen LogP contribution in [0, 0.1) is 17.6 Å². The zero-order chi connectivity index (χ0) is 23.3. The standard InChI is InChI=1S/C24H28ClF2N3O2/c1-4-5-6-19-22(16-7-10-18(26)11-8-16)29-30(21-12-9-17(25)15-20(21)27)24(19,2)23(31)28-13-14-32-3/h7-12,15,19H,4-6,13-14H2,1-3H3,(H,28,31). The van der Waals surface area contributed by atoms with Crippen LogP contribution in [0.2, 0.25) is 5.02 Å². The lowest BCUT2D eigenvalue weighted by molar-refractivity contribution is -0.127. The van der Waals surface area contributed by atoms with Crippen molar-refractivity contribution in [3.05, 3.63) is 64.7 Å². The summed E-state index contributed by atoms with van der Waals surface area (Å²) in [5.41, 5.74) is 0.260. The topological polar surface area (TPSA) is 53.9 Å². The second-order valence-electron chi connectivity index (χ2n) is 7.99. The van der Waals surface area contributed by atoms with Crippen LogP contribution in [-0.2, 0) is 9.53 Å². The number of carbonyl (C=O) groups excluding carboxylic acids is 1. The highest BCUT2D eigenvalue weighted by molar-refractivity contribution is 6.30. The van der Waals surface area contributed by atoms with Crippen molar-refractivity contribution >= 4 is 28.9 Å². The third-order valence-corrected chi connectivity index (χ3v) is 6.07. The van der Waals surface area contributed by atoms with Crippen molar-refractivity contribution in [2.45, 2.75) is 38.6 Å². The Hall–Kier alpha value is -2.51. The number of ether oxygens (including phenoxy) is 1. The van der Waals surface area contributed by atoms with E-state index in [9.17, 15) is 13.6 Å². The minimum atomic E-state index is -1.21. The maximum absolute atomic E-state index is 15.0. The number of anilines is 1. The fourth-order valence-electron chi connectivity index (χ4n) is 4.06. The molecule has 2 unspecified atom stereocenters. The van der Waals surface area contributed by atoms with Crippen molar-refractivity contribution in [3.63, 3.8) is 0 Å². The van der Waals surface area contributed by atoms with E-state index in [1.54, 1.807) is 32.2 Å². The SMILES string of the molecule is CCCCC1C(c2ccc(F)cc2)=NN(c2ccc(Cl)cc2F)C1(C)C(=O)NCCOC. The van der Waals surface area contributed by atoms with Gasteiger partial charge in [0.2, 0.25) is 5.91 Å². The Labute approximate surface area is 192 Å². The highest BCUT2D eigenvalue weighted by Crippen LogP contribution is 2.42. The van der Waals surface area contributed by atoms with E-state index in [1.165, 1.54) is 29.3 Å². The zero-order valence-corrected chi connectivity index (χ0v) is 19.3. The summed E-state index contributed by atoms with van der Waals surface area (Å²) in [6.45, 7) is 4.50. The van der Waals surface area contributed by atoms with Crippen molar-refractivity contribution in [3.8, 4) is 0 Å². The summed E-state index contributed by atoms with van der Waals surface area (Å²) < 4.78 is 33.6. The largest absolute Gasteiger partial charge is 0.383 e. The fraction of sp³-hybridized carbons (Fsp3) is 0.417. The molecule has 172 valence electrons. The number of hydrogen-bond donors (Lipinski definition) is 1. The van der Waals surface area contributed by atoms with E-state index in [-0.39, 0.29) is 28.4 Å². The molecule has 1 N–H and O–H groups in total. The Morgan fingerprint density at radius 3 is 2.59 bits per heavy atom. The van der Waals surface area contributed by atoms with Crippen molar-refractivity contribution in [2.75, 3.05) is 25.3 Å². The van der Waals surface area contributed by atoms with Gasteiger partial charge >= 0.3 is 0 Å². The van der Waals surface area contributed by atoms with Gasteiger partial charge in [-0.2, -0.15) is 5.10 Å². The van der Waals surface area contributed by atoms with E-state index in [4.69, 9.17) is 21.4 Å². The van der Waals surface area contributed by atoms with Crippen LogP contribution in [0.5, 0.6) is 0 Å². The number of methoxy groups -OCH3 is 1. The maximum Gasteiger partial charge on any atom is 0.248 e. The Bertz CT molecular complexity index is 984. The van der Waals surface area contributed by atoms with Crippen molar-refractivity contribution in [1.29, 1.82) is 0 Å². The second kappa shape index (κ2) is 10.4. The number of unbranched alkanes of at least 4 members (excludes halogenated alkanes) is 1. The summed E-state index contributed by atoms with van der Waals surface area (Å²) in [5.74, 6) is -1.57. The molecule has 8 heteroatoms.